The topological polar surface area (TPSA) is 24.4 Å². The van der Waals surface area contributed by atoms with Gasteiger partial charge in [-0.1, -0.05) is 23.7 Å². The van der Waals surface area contributed by atoms with Crippen molar-refractivity contribution in [1.82, 2.24) is 0 Å². The first-order chi connectivity index (χ1) is 8.65. The maximum Gasteiger partial charge on any atom is 0.151 e. The molecule has 2 nitrogen and oxygen atoms in total. The monoisotopic (exact) mass is 266 g/mol. The first-order valence-electron chi connectivity index (χ1n) is 5.15. The molecular weight excluding hydrogens is 258 g/mol. The SMILES string of the molecule is Fc1ccc(NN=Cc2ccc(Cl)cc2)c(F)c1. The summed E-state index contributed by atoms with van der Waals surface area (Å²) >= 11 is 5.73. The molecule has 2 aromatic carbocycles. The fraction of sp³-hybridized carbons (Fsp3) is 0. The highest BCUT2D eigenvalue weighted by Crippen LogP contribution is 2.14. The van der Waals surface area contributed by atoms with Gasteiger partial charge >= 0.3 is 0 Å². The molecule has 18 heavy (non-hydrogen) atoms. The summed E-state index contributed by atoms with van der Waals surface area (Å²) in [6.45, 7) is 0. The van der Waals surface area contributed by atoms with Gasteiger partial charge in [0.05, 0.1) is 11.9 Å². The van der Waals surface area contributed by atoms with E-state index in [4.69, 9.17) is 11.6 Å². The zero-order chi connectivity index (χ0) is 13.0. The van der Waals surface area contributed by atoms with Gasteiger partial charge in [0.2, 0.25) is 0 Å². The van der Waals surface area contributed by atoms with Crippen LogP contribution in [-0.2, 0) is 0 Å². The van der Waals surface area contributed by atoms with Gasteiger partial charge in [-0.05, 0) is 29.8 Å². The van der Waals surface area contributed by atoms with Gasteiger partial charge in [0.15, 0.2) is 5.82 Å². The molecule has 0 spiro atoms. The second kappa shape index (κ2) is 5.60. The third-order valence-corrected chi connectivity index (χ3v) is 2.45. The molecule has 0 bridgehead atoms. The van der Waals surface area contributed by atoms with Gasteiger partial charge < -0.3 is 0 Å². The smallest absolute Gasteiger partial charge is 0.151 e. The highest BCUT2D eigenvalue weighted by atomic mass is 35.5. The molecule has 0 heterocycles. The average Bonchev–Trinajstić information content (AvgIpc) is 2.34. The molecule has 0 aromatic heterocycles. The van der Waals surface area contributed by atoms with Gasteiger partial charge in [-0.2, -0.15) is 5.10 Å². The van der Waals surface area contributed by atoms with E-state index in [1.165, 1.54) is 12.3 Å². The Bertz CT molecular complexity index is 568. The Morgan fingerprint density at radius 1 is 1.06 bits per heavy atom. The maximum absolute atomic E-state index is 13.2. The summed E-state index contributed by atoms with van der Waals surface area (Å²) in [6, 6.07) is 10.2. The fourth-order valence-electron chi connectivity index (χ4n) is 1.31. The lowest BCUT2D eigenvalue weighted by atomic mass is 10.2. The van der Waals surface area contributed by atoms with Crippen LogP contribution in [0.15, 0.2) is 47.6 Å². The molecule has 0 fully saturated rings. The van der Waals surface area contributed by atoms with E-state index in [1.54, 1.807) is 24.3 Å². The second-order valence-corrected chi connectivity index (χ2v) is 3.98. The number of hydrogen-bond acceptors (Lipinski definition) is 2. The van der Waals surface area contributed by atoms with Crippen LogP contribution in [0.2, 0.25) is 5.02 Å². The van der Waals surface area contributed by atoms with E-state index in [0.717, 1.165) is 17.7 Å². The van der Waals surface area contributed by atoms with Crippen LogP contribution in [0.25, 0.3) is 0 Å². The third-order valence-electron chi connectivity index (χ3n) is 2.20. The number of anilines is 1. The Hall–Kier alpha value is -1.94. The number of benzene rings is 2. The van der Waals surface area contributed by atoms with E-state index in [1.807, 2.05) is 0 Å². The lowest BCUT2D eigenvalue weighted by molar-refractivity contribution is 0.585. The molecule has 0 saturated carbocycles. The van der Waals surface area contributed by atoms with Crippen molar-refractivity contribution < 1.29 is 8.78 Å². The maximum atomic E-state index is 13.2. The third kappa shape index (κ3) is 3.28. The molecule has 0 aliphatic heterocycles. The Kier molecular flexibility index (Phi) is 3.89. The van der Waals surface area contributed by atoms with Crippen molar-refractivity contribution in [1.29, 1.82) is 0 Å². The van der Waals surface area contributed by atoms with E-state index in [9.17, 15) is 8.78 Å². The van der Waals surface area contributed by atoms with Gasteiger partial charge in [-0.25, -0.2) is 8.78 Å². The van der Waals surface area contributed by atoms with Gasteiger partial charge in [0.25, 0.3) is 0 Å². The van der Waals surface area contributed by atoms with Crippen LogP contribution in [0, 0.1) is 11.6 Å². The molecular formula is C13H9ClF2N2. The molecule has 2 rings (SSSR count). The minimum absolute atomic E-state index is 0.113. The Morgan fingerprint density at radius 3 is 2.44 bits per heavy atom. The molecule has 0 aliphatic carbocycles. The van der Waals surface area contributed by atoms with Crippen molar-refractivity contribution >= 4 is 23.5 Å². The molecule has 0 radical (unpaired) electrons. The Balaban J connectivity index is 2.05. The van der Waals surface area contributed by atoms with Crippen LogP contribution in [0.3, 0.4) is 0 Å². The number of nitrogens with zero attached hydrogens (tertiary/aromatic N) is 1. The van der Waals surface area contributed by atoms with Crippen LogP contribution < -0.4 is 5.43 Å². The second-order valence-electron chi connectivity index (χ2n) is 3.55. The normalized spacial score (nSPS) is 10.8. The van der Waals surface area contributed by atoms with E-state index in [0.29, 0.717) is 5.02 Å². The van der Waals surface area contributed by atoms with E-state index in [-0.39, 0.29) is 5.69 Å². The molecule has 1 N–H and O–H groups in total. The lowest BCUT2D eigenvalue weighted by Crippen LogP contribution is -1.94. The van der Waals surface area contributed by atoms with Gasteiger partial charge in [0, 0.05) is 11.1 Å². The van der Waals surface area contributed by atoms with Crippen LogP contribution >= 0.6 is 11.6 Å². The van der Waals surface area contributed by atoms with Crippen LogP contribution in [0.5, 0.6) is 0 Å². The minimum Gasteiger partial charge on any atom is -0.276 e. The van der Waals surface area contributed by atoms with Crippen molar-refractivity contribution in [2.45, 2.75) is 0 Å². The number of rotatable bonds is 3. The summed E-state index contributed by atoms with van der Waals surface area (Å²) in [6.07, 6.45) is 1.51. The standard InChI is InChI=1S/C13H9ClF2N2/c14-10-3-1-9(2-4-10)8-17-18-13-6-5-11(15)7-12(13)16/h1-8,18H. The number of halogens is 3. The molecule has 92 valence electrons. The van der Waals surface area contributed by atoms with Crippen molar-refractivity contribution in [3.63, 3.8) is 0 Å². The van der Waals surface area contributed by atoms with Crippen LogP contribution in [-0.4, -0.2) is 6.21 Å². The van der Waals surface area contributed by atoms with Crippen LogP contribution in [0.1, 0.15) is 5.56 Å². The highest BCUT2D eigenvalue weighted by Gasteiger charge is 2.01. The molecule has 0 aliphatic rings. The van der Waals surface area contributed by atoms with Crippen molar-refractivity contribution in [2.75, 3.05) is 5.43 Å². The van der Waals surface area contributed by atoms with Gasteiger partial charge in [-0.15, -0.1) is 0 Å². The number of hydrogen-bond donors (Lipinski definition) is 1. The molecule has 0 saturated heterocycles. The summed E-state index contributed by atoms with van der Waals surface area (Å²) < 4.78 is 25.9. The summed E-state index contributed by atoms with van der Waals surface area (Å²) in [5.74, 6) is -1.32. The van der Waals surface area contributed by atoms with E-state index < -0.39 is 11.6 Å². The molecule has 2 aromatic rings. The number of nitrogens with one attached hydrogen (secondary N) is 1. The van der Waals surface area contributed by atoms with E-state index >= 15 is 0 Å². The quantitative estimate of drug-likeness (QED) is 0.657. The van der Waals surface area contributed by atoms with E-state index in [2.05, 4.69) is 10.5 Å². The van der Waals surface area contributed by atoms with Gasteiger partial charge in [0.1, 0.15) is 5.82 Å². The van der Waals surface area contributed by atoms with Gasteiger partial charge in [-0.3, -0.25) is 5.43 Å². The molecule has 0 unspecified atom stereocenters. The average molecular weight is 267 g/mol. The predicted octanol–water partition coefficient (Wildman–Crippen LogP) is 4.06. The van der Waals surface area contributed by atoms with Crippen molar-refractivity contribution in [2.24, 2.45) is 5.10 Å². The fourth-order valence-corrected chi connectivity index (χ4v) is 1.43. The summed E-state index contributed by atoms with van der Waals surface area (Å²) in [5.41, 5.74) is 3.42. The van der Waals surface area contributed by atoms with Crippen molar-refractivity contribution in [3.05, 3.63) is 64.7 Å². The minimum atomic E-state index is -0.691. The zero-order valence-corrected chi connectivity index (χ0v) is 9.96. The Labute approximate surface area is 108 Å². The largest absolute Gasteiger partial charge is 0.276 e. The number of hydrazone groups is 1. The first kappa shape index (κ1) is 12.5. The lowest BCUT2D eigenvalue weighted by Gasteiger charge is -2.01. The summed E-state index contributed by atoms with van der Waals surface area (Å²) in [5, 5.41) is 4.48. The summed E-state index contributed by atoms with van der Waals surface area (Å²) in [7, 11) is 0. The Morgan fingerprint density at radius 2 is 1.78 bits per heavy atom. The predicted molar refractivity (Wildman–Crippen MR) is 69.0 cm³/mol. The highest BCUT2D eigenvalue weighted by molar-refractivity contribution is 6.30. The summed E-state index contributed by atoms with van der Waals surface area (Å²) in [4.78, 5) is 0. The van der Waals surface area contributed by atoms with Crippen molar-refractivity contribution in [3.8, 4) is 0 Å². The first-order valence-corrected chi connectivity index (χ1v) is 5.52. The molecule has 0 amide bonds. The zero-order valence-electron chi connectivity index (χ0n) is 9.20. The molecule has 5 heteroatoms. The van der Waals surface area contributed by atoms with Crippen LogP contribution in [0.4, 0.5) is 14.5 Å². The molecule has 0 atom stereocenters.